The fourth-order valence-electron chi connectivity index (χ4n) is 3.41. The van der Waals surface area contributed by atoms with Gasteiger partial charge < -0.3 is 10.6 Å². The molecule has 2 nitrogen and oxygen atoms in total. The Kier molecular flexibility index (Phi) is 4.17. The van der Waals surface area contributed by atoms with Crippen LogP contribution in [0.1, 0.15) is 46.1 Å². The van der Waals surface area contributed by atoms with Crippen molar-refractivity contribution in [3.05, 3.63) is 35.4 Å². The van der Waals surface area contributed by atoms with Crippen molar-refractivity contribution in [3.8, 4) is 0 Å². The summed E-state index contributed by atoms with van der Waals surface area (Å²) in [6.45, 7) is 9.05. The van der Waals surface area contributed by atoms with Gasteiger partial charge in [0.1, 0.15) is 0 Å². The van der Waals surface area contributed by atoms with Gasteiger partial charge in [0.25, 0.3) is 0 Å². The second-order valence-electron chi connectivity index (χ2n) is 7.09. The van der Waals surface area contributed by atoms with Crippen LogP contribution in [0.3, 0.4) is 0 Å². The molecule has 0 unspecified atom stereocenters. The highest BCUT2D eigenvalue weighted by molar-refractivity contribution is 5.19. The third-order valence-electron chi connectivity index (χ3n) is 3.80. The van der Waals surface area contributed by atoms with Gasteiger partial charge in [-0.25, -0.2) is 8.78 Å². The summed E-state index contributed by atoms with van der Waals surface area (Å²) >= 11 is 0. The van der Waals surface area contributed by atoms with Gasteiger partial charge in [-0.15, -0.1) is 0 Å². The summed E-state index contributed by atoms with van der Waals surface area (Å²) in [5.74, 6) is -1.53. The zero-order chi connectivity index (χ0) is 15.0. The number of halogens is 2. The van der Waals surface area contributed by atoms with E-state index in [1.807, 2.05) is 0 Å². The zero-order valence-electron chi connectivity index (χ0n) is 12.7. The SMILES string of the molecule is CC1(C)CC(NCc2cccc(F)c2F)CC(C)(C)N1. The molecule has 1 aromatic carbocycles. The lowest BCUT2D eigenvalue weighted by Gasteiger charge is -2.46. The molecule has 1 aliphatic heterocycles. The average molecular weight is 282 g/mol. The minimum atomic E-state index is -0.782. The van der Waals surface area contributed by atoms with Crippen molar-refractivity contribution < 1.29 is 8.78 Å². The molecule has 0 bridgehead atoms. The van der Waals surface area contributed by atoms with Crippen molar-refractivity contribution >= 4 is 0 Å². The molecule has 0 aromatic heterocycles. The molecular formula is C16H24F2N2. The van der Waals surface area contributed by atoms with Crippen molar-refractivity contribution in [2.45, 2.75) is 64.2 Å². The number of hydrogen-bond donors (Lipinski definition) is 2. The molecule has 2 rings (SSSR count). The summed E-state index contributed by atoms with van der Waals surface area (Å²) in [6, 6.07) is 4.62. The first-order chi connectivity index (χ1) is 9.19. The van der Waals surface area contributed by atoms with Crippen LogP contribution in [-0.4, -0.2) is 17.1 Å². The Morgan fingerprint density at radius 3 is 2.35 bits per heavy atom. The van der Waals surface area contributed by atoms with Crippen LogP contribution in [0.25, 0.3) is 0 Å². The van der Waals surface area contributed by atoms with Crippen LogP contribution in [0.2, 0.25) is 0 Å². The van der Waals surface area contributed by atoms with Gasteiger partial charge in [-0.3, -0.25) is 0 Å². The van der Waals surface area contributed by atoms with Crippen molar-refractivity contribution in [2.75, 3.05) is 0 Å². The van der Waals surface area contributed by atoms with Gasteiger partial charge in [0.2, 0.25) is 0 Å². The van der Waals surface area contributed by atoms with Crippen LogP contribution in [0.4, 0.5) is 8.78 Å². The molecule has 0 saturated carbocycles. The summed E-state index contributed by atoms with van der Waals surface area (Å²) in [5.41, 5.74) is 0.471. The van der Waals surface area contributed by atoms with Crippen molar-refractivity contribution in [1.82, 2.24) is 10.6 Å². The van der Waals surface area contributed by atoms with Gasteiger partial charge in [0.05, 0.1) is 0 Å². The Morgan fingerprint density at radius 2 is 1.75 bits per heavy atom. The zero-order valence-corrected chi connectivity index (χ0v) is 12.7. The summed E-state index contributed by atoms with van der Waals surface area (Å²) in [6.07, 6.45) is 1.93. The normalized spacial score (nSPS) is 21.9. The van der Waals surface area contributed by atoms with E-state index >= 15 is 0 Å². The molecule has 1 heterocycles. The molecule has 1 aliphatic rings. The Morgan fingerprint density at radius 1 is 1.15 bits per heavy atom. The lowest BCUT2D eigenvalue weighted by Crippen LogP contribution is -2.61. The molecule has 20 heavy (non-hydrogen) atoms. The number of rotatable bonds is 3. The van der Waals surface area contributed by atoms with Crippen molar-refractivity contribution in [1.29, 1.82) is 0 Å². The van der Waals surface area contributed by atoms with E-state index < -0.39 is 11.6 Å². The van der Waals surface area contributed by atoms with E-state index in [1.165, 1.54) is 0 Å². The Balaban J connectivity index is 2.02. The maximum Gasteiger partial charge on any atom is 0.163 e. The fraction of sp³-hybridized carbons (Fsp3) is 0.625. The van der Waals surface area contributed by atoms with Gasteiger partial charge in [0, 0.05) is 29.2 Å². The summed E-state index contributed by atoms with van der Waals surface area (Å²) in [4.78, 5) is 0. The molecule has 1 aromatic rings. The molecule has 0 aliphatic carbocycles. The monoisotopic (exact) mass is 282 g/mol. The van der Waals surface area contributed by atoms with Crippen LogP contribution in [0.5, 0.6) is 0 Å². The van der Waals surface area contributed by atoms with Gasteiger partial charge in [-0.2, -0.15) is 0 Å². The highest BCUT2D eigenvalue weighted by Crippen LogP contribution is 2.28. The van der Waals surface area contributed by atoms with Gasteiger partial charge >= 0.3 is 0 Å². The van der Waals surface area contributed by atoms with Gasteiger partial charge in [-0.05, 0) is 46.6 Å². The number of hydrogen-bond acceptors (Lipinski definition) is 2. The Labute approximate surface area is 120 Å². The highest BCUT2D eigenvalue weighted by atomic mass is 19.2. The second-order valence-corrected chi connectivity index (χ2v) is 7.09. The van der Waals surface area contributed by atoms with Crippen LogP contribution in [-0.2, 0) is 6.54 Å². The summed E-state index contributed by atoms with van der Waals surface area (Å²) in [5, 5.41) is 6.98. The third kappa shape index (κ3) is 3.76. The van der Waals surface area contributed by atoms with Gasteiger partial charge in [-0.1, -0.05) is 12.1 Å². The molecule has 0 atom stereocenters. The lowest BCUT2D eigenvalue weighted by atomic mass is 9.79. The summed E-state index contributed by atoms with van der Waals surface area (Å²) < 4.78 is 26.8. The van der Waals surface area contributed by atoms with Crippen LogP contribution in [0, 0.1) is 11.6 Å². The first kappa shape index (κ1) is 15.4. The average Bonchev–Trinajstić information content (AvgIpc) is 2.27. The first-order valence-corrected chi connectivity index (χ1v) is 7.14. The maximum absolute atomic E-state index is 13.6. The smallest absolute Gasteiger partial charge is 0.163 e. The predicted octanol–water partition coefficient (Wildman–Crippen LogP) is 3.36. The third-order valence-corrected chi connectivity index (χ3v) is 3.80. The van der Waals surface area contributed by atoms with Crippen molar-refractivity contribution in [2.24, 2.45) is 0 Å². The highest BCUT2D eigenvalue weighted by Gasteiger charge is 2.37. The Hall–Kier alpha value is -1.00. The number of piperidine rings is 1. The largest absolute Gasteiger partial charge is 0.310 e. The standard InChI is InChI=1S/C16H24F2N2/c1-15(2)8-12(9-16(3,4)20-15)19-10-11-6-5-7-13(17)14(11)18/h5-7,12,19-20H,8-10H2,1-4H3. The fourth-order valence-corrected chi connectivity index (χ4v) is 3.41. The molecule has 0 amide bonds. The van der Waals surface area contributed by atoms with Crippen molar-refractivity contribution in [3.63, 3.8) is 0 Å². The molecule has 1 fully saturated rings. The van der Waals surface area contributed by atoms with E-state index in [2.05, 4.69) is 38.3 Å². The van der Waals surface area contributed by atoms with E-state index in [0.717, 1.165) is 18.9 Å². The van der Waals surface area contributed by atoms with E-state index in [4.69, 9.17) is 0 Å². The molecule has 0 spiro atoms. The molecule has 1 saturated heterocycles. The van der Waals surface area contributed by atoms with Crippen LogP contribution in [0.15, 0.2) is 18.2 Å². The molecule has 2 N–H and O–H groups in total. The number of nitrogens with one attached hydrogen (secondary N) is 2. The lowest BCUT2D eigenvalue weighted by molar-refractivity contribution is 0.145. The van der Waals surface area contributed by atoms with E-state index in [1.54, 1.807) is 12.1 Å². The molecule has 4 heteroatoms. The quantitative estimate of drug-likeness (QED) is 0.888. The van der Waals surface area contributed by atoms with Crippen LogP contribution < -0.4 is 10.6 Å². The molecule has 112 valence electrons. The summed E-state index contributed by atoms with van der Waals surface area (Å²) in [7, 11) is 0. The van der Waals surface area contributed by atoms with E-state index in [0.29, 0.717) is 18.2 Å². The molecule has 0 radical (unpaired) electrons. The minimum absolute atomic E-state index is 0.0416. The molecular weight excluding hydrogens is 258 g/mol. The first-order valence-electron chi connectivity index (χ1n) is 7.14. The number of benzene rings is 1. The van der Waals surface area contributed by atoms with E-state index in [-0.39, 0.29) is 11.1 Å². The minimum Gasteiger partial charge on any atom is -0.310 e. The van der Waals surface area contributed by atoms with Crippen LogP contribution >= 0.6 is 0 Å². The predicted molar refractivity (Wildman–Crippen MR) is 77.5 cm³/mol. The van der Waals surface area contributed by atoms with E-state index in [9.17, 15) is 8.78 Å². The van der Waals surface area contributed by atoms with Gasteiger partial charge in [0.15, 0.2) is 11.6 Å². The topological polar surface area (TPSA) is 24.1 Å². The Bertz CT molecular complexity index is 467. The maximum atomic E-state index is 13.6. The second kappa shape index (κ2) is 5.41.